The Bertz CT molecular complexity index is 419. The van der Waals surface area contributed by atoms with Crippen molar-refractivity contribution in [1.29, 1.82) is 5.26 Å². The van der Waals surface area contributed by atoms with Gasteiger partial charge in [-0.05, 0) is 50.0 Å². The molecule has 0 amide bonds. The summed E-state index contributed by atoms with van der Waals surface area (Å²) in [5.41, 5.74) is 1.32. The summed E-state index contributed by atoms with van der Waals surface area (Å²) in [6, 6.07) is 10.5. The zero-order valence-electron chi connectivity index (χ0n) is 11.5. The Morgan fingerprint density at radius 2 is 2.05 bits per heavy atom. The third-order valence-electron chi connectivity index (χ3n) is 3.45. The minimum absolute atomic E-state index is 0.563. The number of benzene rings is 1. The Morgan fingerprint density at radius 3 is 2.84 bits per heavy atom. The molecule has 0 N–H and O–H groups in total. The SMILES string of the molecule is N#CCCCOc1cccc(CN2CCCCC2)c1. The van der Waals surface area contributed by atoms with Crippen LogP contribution in [0, 0.1) is 11.3 Å². The highest BCUT2D eigenvalue weighted by molar-refractivity contribution is 5.28. The average molecular weight is 258 g/mol. The molecule has 0 unspecified atom stereocenters. The number of ether oxygens (including phenoxy) is 1. The van der Waals surface area contributed by atoms with Crippen LogP contribution in [0.5, 0.6) is 5.75 Å². The molecule has 1 aliphatic heterocycles. The molecule has 1 saturated heterocycles. The zero-order valence-corrected chi connectivity index (χ0v) is 11.5. The fourth-order valence-corrected chi connectivity index (χ4v) is 2.45. The van der Waals surface area contributed by atoms with Gasteiger partial charge in [0, 0.05) is 13.0 Å². The summed E-state index contributed by atoms with van der Waals surface area (Å²) in [5, 5.41) is 8.48. The average Bonchev–Trinajstić information content (AvgIpc) is 2.45. The highest BCUT2D eigenvalue weighted by Crippen LogP contribution is 2.17. The lowest BCUT2D eigenvalue weighted by atomic mass is 10.1. The Kier molecular flexibility index (Phi) is 5.71. The Labute approximate surface area is 115 Å². The van der Waals surface area contributed by atoms with Gasteiger partial charge in [-0.15, -0.1) is 0 Å². The van der Waals surface area contributed by atoms with E-state index in [0.29, 0.717) is 13.0 Å². The molecule has 1 fully saturated rings. The van der Waals surface area contributed by atoms with Crippen LogP contribution < -0.4 is 4.74 Å². The van der Waals surface area contributed by atoms with Crippen molar-refractivity contribution in [1.82, 2.24) is 4.90 Å². The van der Waals surface area contributed by atoms with E-state index in [1.54, 1.807) is 0 Å². The van der Waals surface area contributed by atoms with E-state index in [0.717, 1.165) is 18.7 Å². The van der Waals surface area contributed by atoms with Crippen LogP contribution in [0.1, 0.15) is 37.7 Å². The molecule has 0 aromatic heterocycles. The second-order valence-corrected chi connectivity index (χ2v) is 5.09. The Hall–Kier alpha value is -1.53. The van der Waals surface area contributed by atoms with Gasteiger partial charge in [0.1, 0.15) is 5.75 Å². The molecule has 3 heteroatoms. The maximum Gasteiger partial charge on any atom is 0.119 e. The van der Waals surface area contributed by atoms with Crippen LogP contribution in [-0.2, 0) is 6.54 Å². The number of nitrogens with zero attached hydrogens (tertiary/aromatic N) is 2. The Morgan fingerprint density at radius 1 is 1.21 bits per heavy atom. The first-order valence-electron chi connectivity index (χ1n) is 7.19. The number of rotatable bonds is 6. The number of nitriles is 1. The lowest BCUT2D eigenvalue weighted by Gasteiger charge is -2.26. The molecule has 0 radical (unpaired) electrons. The molecule has 1 aliphatic rings. The van der Waals surface area contributed by atoms with E-state index in [-0.39, 0.29) is 0 Å². The summed E-state index contributed by atoms with van der Waals surface area (Å²) in [4.78, 5) is 2.51. The van der Waals surface area contributed by atoms with E-state index in [9.17, 15) is 0 Å². The van der Waals surface area contributed by atoms with E-state index in [1.165, 1.54) is 37.9 Å². The molecule has 3 nitrogen and oxygen atoms in total. The lowest BCUT2D eigenvalue weighted by Crippen LogP contribution is -2.29. The fourth-order valence-electron chi connectivity index (χ4n) is 2.45. The van der Waals surface area contributed by atoms with Crippen molar-refractivity contribution >= 4 is 0 Å². The first-order valence-corrected chi connectivity index (χ1v) is 7.19. The van der Waals surface area contributed by atoms with E-state index >= 15 is 0 Å². The first-order chi connectivity index (χ1) is 9.38. The topological polar surface area (TPSA) is 36.3 Å². The molecule has 0 bridgehead atoms. The van der Waals surface area contributed by atoms with Crippen LogP contribution in [0.25, 0.3) is 0 Å². The van der Waals surface area contributed by atoms with Crippen molar-refractivity contribution in [2.24, 2.45) is 0 Å². The predicted molar refractivity (Wildman–Crippen MR) is 75.9 cm³/mol. The number of unbranched alkanes of at least 4 members (excludes halogenated alkanes) is 1. The molecule has 0 atom stereocenters. The van der Waals surface area contributed by atoms with Crippen LogP contribution in [0.2, 0.25) is 0 Å². The maximum atomic E-state index is 8.48. The summed E-state index contributed by atoms with van der Waals surface area (Å²) in [7, 11) is 0. The Balaban J connectivity index is 1.82. The highest BCUT2D eigenvalue weighted by Gasteiger charge is 2.10. The van der Waals surface area contributed by atoms with Gasteiger partial charge in [0.15, 0.2) is 0 Å². The number of hydrogen-bond acceptors (Lipinski definition) is 3. The standard InChI is InChI=1S/C16H22N2O/c17-9-2-5-12-19-16-8-6-7-15(13-16)14-18-10-3-1-4-11-18/h6-8,13H,1-5,10-12,14H2. The van der Waals surface area contributed by atoms with Crippen molar-refractivity contribution in [2.75, 3.05) is 19.7 Å². The molecule has 1 heterocycles. The van der Waals surface area contributed by atoms with Crippen molar-refractivity contribution < 1.29 is 4.74 Å². The highest BCUT2D eigenvalue weighted by atomic mass is 16.5. The largest absolute Gasteiger partial charge is 0.494 e. The molecular formula is C16H22N2O. The van der Waals surface area contributed by atoms with Crippen molar-refractivity contribution in [2.45, 2.75) is 38.6 Å². The quantitative estimate of drug-likeness (QED) is 0.734. The van der Waals surface area contributed by atoms with Crippen molar-refractivity contribution in [3.05, 3.63) is 29.8 Å². The molecular weight excluding hydrogens is 236 g/mol. The molecule has 102 valence electrons. The third-order valence-corrected chi connectivity index (χ3v) is 3.45. The molecule has 0 aliphatic carbocycles. The molecule has 2 rings (SSSR count). The van der Waals surface area contributed by atoms with E-state index in [2.05, 4.69) is 29.2 Å². The van der Waals surface area contributed by atoms with Gasteiger partial charge in [0.2, 0.25) is 0 Å². The zero-order chi connectivity index (χ0) is 13.3. The molecule has 0 saturated carbocycles. The van der Waals surface area contributed by atoms with Gasteiger partial charge >= 0.3 is 0 Å². The van der Waals surface area contributed by atoms with Crippen LogP contribution in [-0.4, -0.2) is 24.6 Å². The van der Waals surface area contributed by atoms with Crippen LogP contribution >= 0.6 is 0 Å². The van der Waals surface area contributed by atoms with Crippen LogP contribution in [0.4, 0.5) is 0 Å². The second kappa shape index (κ2) is 7.81. The van der Waals surface area contributed by atoms with Gasteiger partial charge in [0.05, 0.1) is 12.7 Å². The summed E-state index contributed by atoms with van der Waals surface area (Å²) in [5.74, 6) is 0.924. The smallest absolute Gasteiger partial charge is 0.119 e. The number of piperidine rings is 1. The van der Waals surface area contributed by atoms with Gasteiger partial charge in [0.25, 0.3) is 0 Å². The summed E-state index contributed by atoms with van der Waals surface area (Å²) < 4.78 is 5.67. The minimum Gasteiger partial charge on any atom is -0.494 e. The van der Waals surface area contributed by atoms with Crippen molar-refractivity contribution in [3.8, 4) is 11.8 Å². The summed E-state index contributed by atoms with van der Waals surface area (Å²) in [6.07, 6.45) is 5.38. The second-order valence-electron chi connectivity index (χ2n) is 5.09. The minimum atomic E-state index is 0.563. The molecule has 1 aromatic carbocycles. The molecule has 0 spiro atoms. The number of hydrogen-bond donors (Lipinski definition) is 0. The number of likely N-dealkylation sites (tertiary alicyclic amines) is 1. The van der Waals surface area contributed by atoms with E-state index < -0.39 is 0 Å². The van der Waals surface area contributed by atoms with E-state index in [1.807, 2.05) is 6.07 Å². The first kappa shape index (κ1) is 13.9. The van der Waals surface area contributed by atoms with E-state index in [4.69, 9.17) is 10.00 Å². The van der Waals surface area contributed by atoms with Gasteiger partial charge in [-0.1, -0.05) is 18.6 Å². The van der Waals surface area contributed by atoms with Gasteiger partial charge in [-0.25, -0.2) is 0 Å². The fraction of sp³-hybridized carbons (Fsp3) is 0.562. The third kappa shape index (κ3) is 4.92. The van der Waals surface area contributed by atoms with Crippen LogP contribution in [0.15, 0.2) is 24.3 Å². The molecule has 19 heavy (non-hydrogen) atoms. The summed E-state index contributed by atoms with van der Waals surface area (Å²) >= 11 is 0. The monoisotopic (exact) mass is 258 g/mol. The predicted octanol–water partition coefficient (Wildman–Crippen LogP) is 3.36. The van der Waals surface area contributed by atoms with Gasteiger partial charge < -0.3 is 4.74 Å². The lowest BCUT2D eigenvalue weighted by molar-refractivity contribution is 0.220. The van der Waals surface area contributed by atoms with Crippen LogP contribution in [0.3, 0.4) is 0 Å². The normalized spacial score (nSPS) is 15.9. The van der Waals surface area contributed by atoms with Crippen molar-refractivity contribution in [3.63, 3.8) is 0 Å². The maximum absolute atomic E-state index is 8.48. The van der Waals surface area contributed by atoms with Gasteiger partial charge in [-0.3, -0.25) is 4.90 Å². The van der Waals surface area contributed by atoms with Gasteiger partial charge in [-0.2, -0.15) is 5.26 Å². The molecule has 1 aromatic rings. The summed E-state index contributed by atoms with van der Waals surface area (Å²) in [6.45, 7) is 4.08.